The number of aromatic nitrogens is 4. The summed E-state index contributed by atoms with van der Waals surface area (Å²) in [6, 6.07) is 0. The maximum atomic E-state index is 5.44. The number of nitrogen functional groups attached to an aromatic ring is 1. The molecule has 0 amide bonds. The minimum Gasteiger partial charge on any atom is -0.308 e. The van der Waals surface area contributed by atoms with Gasteiger partial charge in [-0.3, -0.25) is 4.57 Å². The Balaban J connectivity index is 2.51. The number of hydrogen-bond donors (Lipinski definition) is 2. The van der Waals surface area contributed by atoms with E-state index < -0.39 is 0 Å². The maximum Gasteiger partial charge on any atom is 0.148 e. The predicted octanol–water partition coefficient (Wildman–Crippen LogP) is 0.900. The molecule has 0 unspecified atom stereocenters. The number of hydrazine groups is 1. The van der Waals surface area contributed by atoms with Crippen LogP contribution >= 0.6 is 0 Å². The van der Waals surface area contributed by atoms with E-state index >= 15 is 0 Å². The average Bonchev–Trinajstić information content (AvgIpc) is 2.83. The van der Waals surface area contributed by atoms with Crippen LogP contribution in [0.4, 0.5) is 5.82 Å². The maximum absolute atomic E-state index is 5.44. The summed E-state index contributed by atoms with van der Waals surface area (Å²) in [6.07, 6.45) is 8.64. The van der Waals surface area contributed by atoms with Gasteiger partial charge in [0.2, 0.25) is 0 Å². The zero-order chi connectivity index (χ0) is 11.4. The first-order valence-corrected chi connectivity index (χ1v) is 5.15. The molecule has 2 aromatic heterocycles. The monoisotopic (exact) mass is 218 g/mol. The van der Waals surface area contributed by atoms with Gasteiger partial charge < -0.3 is 5.43 Å². The Kier molecular flexibility index (Phi) is 3.11. The molecule has 84 valence electrons. The quantitative estimate of drug-likeness (QED) is 0.588. The zero-order valence-electron chi connectivity index (χ0n) is 9.09. The molecule has 0 aliphatic heterocycles. The molecule has 0 radical (unpaired) electrons. The van der Waals surface area contributed by atoms with E-state index in [1.54, 1.807) is 12.5 Å². The summed E-state index contributed by atoms with van der Waals surface area (Å²) in [5.41, 5.74) is 3.60. The highest BCUT2D eigenvalue weighted by molar-refractivity contribution is 5.51. The molecule has 2 rings (SSSR count). The van der Waals surface area contributed by atoms with Gasteiger partial charge in [-0.1, -0.05) is 13.3 Å². The van der Waals surface area contributed by atoms with Crippen molar-refractivity contribution in [3.8, 4) is 5.82 Å². The summed E-state index contributed by atoms with van der Waals surface area (Å²) >= 11 is 0. The predicted molar refractivity (Wildman–Crippen MR) is 61.0 cm³/mol. The first-order chi connectivity index (χ1) is 7.86. The van der Waals surface area contributed by atoms with Crippen molar-refractivity contribution in [2.75, 3.05) is 5.43 Å². The molecule has 0 aromatic carbocycles. The average molecular weight is 218 g/mol. The third-order valence-electron chi connectivity index (χ3n) is 2.31. The van der Waals surface area contributed by atoms with Crippen molar-refractivity contribution < 1.29 is 0 Å². The molecule has 6 nitrogen and oxygen atoms in total. The number of hydrogen-bond acceptors (Lipinski definition) is 5. The topological polar surface area (TPSA) is 81.6 Å². The van der Waals surface area contributed by atoms with Gasteiger partial charge in [0.25, 0.3) is 0 Å². The van der Waals surface area contributed by atoms with Crippen LogP contribution in [0.25, 0.3) is 5.82 Å². The minimum atomic E-state index is 0.667. The zero-order valence-corrected chi connectivity index (χ0v) is 9.09. The molecule has 0 aliphatic carbocycles. The molecular formula is C10H14N6. The Hall–Kier alpha value is -1.95. The van der Waals surface area contributed by atoms with Gasteiger partial charge in [0.05, 0.1) is 0 Å². The van der Waals surface area contributed by atoms with Crippen LogP contribution in [0, 0.1) is 0 Å². The Labute approximate surface area is 93.5 Å². The summed E-state index contributed by atoms with van der Waals surface area (Å²) in [5.74, 6) is 6.93. The fourth-order valence-electron chi connectivity index (χ4n) is 1.61. The Bertz CT molecular complexity index is 450. The molecule has 0 aliphatic rings. The lowest BCUT2D eigenvalue weighted by Gasteiger charge is -2.11. The second-order valence-corrected chi connectivity index (χ2v) is 3.39. The van der Waals surface area contributed by atoms with Crippen molar-refractivity contribution in [2.24, 2.45) is 5.84 Å². The Morgan fingerprint density at radius 3 is 2.94 bits per heavy atom. The SMILES string of the molecule is CCCc1c(NN)ncnc1-n1ccnc1. The van der Waals surface area contributed by atoms with Crippen molar-refractivity contribution in [3.63, 3.8) is 0 Å². The van der Waals surface area contributed by atoms with Gasteiger partial charge in [0.15, 0.2) is 0 Å². The first-order valence-electron chi connectivity index (χ1n) is 5.15. The fraction of sp³-hybridized carbons (Fsp3) is 0.300. The molecule has 0 saturated carbocycles. The van der Waals surface area contributed by atoms with E-state index in [1.165, 1.54) is 6.33 Å². The van der Waals surface area contributed by atoms with Crippen molar-refractivity contribution in [3.05, 3.63) is 30.6 Å². The second-order valence-electron chi connectivity index (χ2n) is 3.39. The molecule has 0 saturated heterocycles. The van der Waals surface area contributed by atoms with Gasteiger partial charge in [-0.25, -0.2) is 20.8 Å². The summed E-state index contributed by atoms with van der Waals surface area (Å²) in [6.45, 7) is 2.10. The smallest absolute Gasteiger partial charge is 0.148 e. The van der Waals surface area contributed by atoms with Crippen LogP contribution in [-0.2, 0) is 6.42 Å². The van der Waals surface area contributed by atoms with E-state index in [4.69, 9.17) is 5.84 Å². The van der Waals surface area contributed by atoms with Gasteiger partial charge in [-0.2, -0.15) is 0 Å². The third-order valence-corrected chi connectivity index (χ3v) is 2.31. The highest BCUT2D eigenvalue weighted by atomic mass is 15.3. The van der Waals surface area contributed by atoms with E-state index in [1.807, 2.05) is 10.8 Å². The molecular weight excluding hydrogens is 204 g/mol. The summed E-state index contributed by atoms with van der Waals surface area (Å²) in [4.78, 5) is 12.4. The molecule has 2 heterocycles. The van der Waals surface area contributed by atoms with Crippen LogP contribution in [-0.4, -0.2) is 19.5 Å². The van der Waals surface area contributed by atoms with Gasteiger partial charge in [0.1, 0.15) is 24.3 Å². The van der Waals surface area contributed by atoms with E-state index in [2.05, 4.69) is 27.3 Å². The normalized spacial score (nSPS) is 10.4. The summed E-state index contributed by atoms with van der Waals surface area (Å²) in [7, 11) is 0. The number of nitrogens with one attached hydrogen (secondary N) is 1. The van der Waals surface area contributed by atoms with Gasteiger partial charge in [-0.15, -0.1) is 0 Å². The Morgan fingerprint density at radius 2 is 2.31 bits per heavy atom. The number of imidazole rings is 1. The molecule has 2 aromatic rings. The lowest BCUT2D eigenvalue weighted by Crippen LogP contribution is -2.14. The summed E-state index contributed by atoms with van der Waals surface area (Å²) in [5, 5.41) is 0. The van der Waals surface area contributed by atoms with E-state index in [-0.39, 0.29) is 0 Å². The van der Waals surface area contributed by atoms with Crippen LogP contribution in [0.1, 0.15) is 18.9 Å². The van der Waals surface area contributed by atoms with Crippen molar-refractivity contribution >= 4 is 5.82 Å². The molecule has 3 N–H and O–H groups in total. The van der Waals surface area contributed by atoms with Crippen molar-refractivity contribution in [1.82, 2.24) is 19.5 Å². The van der Waals surface area contributed by atoms with Crippen LogP contribution in [0.2, 0.25) is 0 Å². The van der Waals surface area contributed by atoms with Crippen LogP contribution in [0.5, 0.6) is 0 Å². The van der Waals surface area contributed by atoms with Gasteiger partial charge in [0, 0.05) is 18.0 Å². The second kappa shape index (κ2) is 4.71. The van der Waals surface area contributed by atoms with Crippen LogP contribution < -0.4 is 11.3 Å². The molecule has 6 heteroatoms. The van der Waals surface area contributed by atoms with Gasteiger partial charge in [-0.05, 0) is 6.42 Å². The number of nitrogens with zero attached hydrogens (tertiary/aromatic N) is 4. The molecule has 16 heavy (non-hydrogen) atoms. The Morgan fingerprint density at radius 1 is 1.44 bits per heavy atom. The highest BCUT2D eigenvalue weighted by Crippen LogP contribution is 2.19. The number of nitrogens with two attached hydrogens (primary N) is 1. The van der Waals surface area contributed by atoms with Crippen LogP contribution in [0.3, 0.4) is 0 Å². The fourth-order valence-corrected chi connectivity index (χ4v) is 1.61. The van der Waals surface area contributed by atoms with Gasteiger partial charge >= 0.3 is 0 Å². The third kappa shape index (κ3) is 1.87. The van der Waals surface area contributed by atoms with E-state index in [9.17, 15) is 0 Å². The lowest BCUT2D eigenvalue weighted by atomic mass is 10.1. The molecule has 0 atom stereocenters. The van der Waals surface area contributed by atoms with E-state index in [0.29, 0.717) is 5.82 Å². The van der Waals surface area contributed by atoms with Crippen molar-refractivity contribution in [2.45, 2.75) is 19.8 Å². The van der Waals surface area contributed by atoms with Crippen molar-refractivity contribution in [1.29, 1.82) is 0 Å². The first kappa shape index (κ1) is 10.6. The lowest BCUT2D eigenvalue weighted by molar-refractivity contribution is 0.860. The number of anilines is 1. The van der Waals surface area contributed by atoms with E-state index in [0.717, 1.165) is 24.2 Å². The summed E-state index contributed by atoms with van der Waals surface area (Å²) < 4.78 is 1.85. The minimum absolute atomic E-state index is 0.667. The number of rotatable bonds is 4. The molecule has 0 spiro atoms. The largest absolute Gasteiger partial charge is 0.308 e. The molecule has 0 fully saturated rings. The van der Waals surface area contributed by atoms with Crippen LogP contribution in [0.15, 0.2) is 25.0 Å². The standard InChI is InChI=1S/C10H14N6/c1-2-3-8-9(15-11)13-6-14-10(8)16-5-4-12-7-16/h4-7H,2-3,11H2,1H3,(H,13,14,15). The highest BCUT2D eigenvalue weighted by Gasteiger charge is 2.10. The molecule has 0 bridgehead atoms.